The van der Waals surface area contributed by atoms with Gasteiger partial charge in [0.15, 0.2) is 0 Å². The molecule has 4 aromatic carbocycles. The third-order valence-corrected chi connectivity index (χ3v) is 10.0. The number of fused-ring (bicyclic) bond motifs is 5. The van der Waals surface area contributed by atoms with Crippen LogP contribution in [0.5, 0.6) is 0 Å². The molecule has 16 heteroatoms. The molecule has 0 aliphatic heterocycles. The quantitative estimate of drug-likeness (QED) is 0.131. The highest BCUT2D eigenvalue weighted by atomic mass is 19.4. The average molecular weight is 805 g/mol. The molecule has 1 unspecified atom stereocenters. The fourth-order valence-corrected chi connectivity index (χ4v) is 7.50. The van der Waals surface area contributed by atoms with Gasteiger partial charge in [-0.25, -0.2) is 0 Å². The van der Waals surface area contributed by atoms with E-state index in [0.717, 1.165) is 0 Å². The Kier molecular flexibility index (Phi) is 8.98. The molecule has 3 aliphatic carbocycles. The molecule has 0 fully saturated rings. The molecule has 0 amide bonds. The Bertz CT molecular complexity index is 2700. The van der Waals surface area contributed by atoms with Gasteiger partial charge in [0, 0.05) is 17.1 Å². The molecule has 288 valence electrons. The summed E-state index contributed by atoms with van der Waals surface area (Å²) in [4.78, 5) is 0. The van der Waals surface area contributed by atoms with Crippen molar-refractivity contribution in [2.45, 2.75) is 37.0 Å². The van der Waals surface area contributed by atoms with Gasteiger partial charge in [-0.05, 0) is 122 Å². The number of halogens is 12. The number of rotatable bonds is 2. The fraction of sp³-hybridized carbons (Fsp3) is 0.143. The molecule has 58 heavy (non-hydrogen) atoms. The molecule has 0 spiro atoms. The molecule has 4 nitrogen and oxygen atoms in total. The largest absolute Gasteiger partial charge is 0.416 e. The van der Waals surface area contributed by atoms with Gasteiger partial charge < -0.3 is 0 Å². The SMILES string of the molecule is N#CC(C#N)=C1C2=C(C=CC(c3cc(C(F)(F)F)cc(C(F)(F)F)c3)C2)c2cc3c(cc21)-c1ccc(-c2cc(C(F)(F)F)cc(C(F)(F)F)c2)cc1C3=C(C#N)C#N. The van der Waals surface area contributed by atoms with E-state index in [1.807, 2.05) is 0 Å². The van der Waals surface area contributed by atoms with Crippen LogP contribution in [0.3, 0.4) is 0 Å². The topological polar surface area (TPSA) is 95.2 Å². The first-order valence-corrected chi connectivity index (χ1v) is 16.5. The van der Waals surface area contributed by atoms with Crippen LogP contribution < -0.4 is 0 Å². The van der Waals surface area contributed by atoms with E-state index >= 15 is 0 Å². The van der Waals surface area contributed by atoms with Gasteiger partial charge in [-0.1, -0.05) is 24.3 Å². The smallest absolute Gasteiger partial charge is 0.192 e. The van der Waals surface area contributed by atoms with E-state index in [2.05, 4.69) is 0 Å². The van der Waals surface area contributed by atoms with Crippen molar-refractivity contribution in [2.75, 3.05) is 0 Å². The Hall–Kier alpha value is -7.04. The zero-order valence-electron chi connectivity index (χ0n) is 28.6. The van der Waals surface area contributed by atoms with Crippen molar-refractivity contribution in [3.05, 3.63) is 146 Å². The van der Waals surface area contributed by atoms with Gasteiger partial charge in [-0.3, -0.25) is 0 Å². The second-order valence-corrected chi connectivity index (χ2v) is 13.3. The van der Waals surface area contributed by atoms with Crippen molar-refractivity contribution in [1.82, 2.24) is 0 Å². The summed E-state index contributed by atoms with van der Waals surface area (Å²) in [5.41, 5.74) is -6.21. The summed E-state index contributed by atoms with van der Waals surface area (Å²) in [6, 6.07) is 16.0. The van der Waals surface area contributed by atoms with E-state index < -0.39 is 69.6 Å². The molecular formula is C42H16F12N4. The Morgan fingerprint density at radius 3 is 1.41 bits per heavy atom. The second kappa shape index (κ2) is 13.3. The minimum atomic E-state index is -5.15. The molecule has 1 atom stereocenters. The van der Waals surface area contributed by atoms with Crippen LogP contribution in [0.25, 0.3) is 39.0 Å². The number of nitrogens with zero attached hydrogens (tertiary/aromatic N) is 4. The van der Waals surface area contributed by atoms with Crippen molar-refractivity contribution in [1.29, 1.82) is 21.0 Å². The number of allylic oxidation sites excluding steroid dienone is 7. The van der Waals surface area contributed by atoms with Crippen LogP contribution >= 0.6 is 0 Å². The molecule has 0 saturated carbocycles. The van der Waals surface area contributed by atoms with E-state index in [9.17, 15) is 73.7 Å². The fourth-order valence-electron chi connectivity index (χ4n) is 7.50. The third-order valence-electron chi connectivity index (χ3n) is 10.0. The lowest BCUT2D eigenvalue weighted by Crippen LogP contribution is -2.13. The standard InChI is InChI=1S/C42H16F12N4/c43-39(44,45)25-5-21(6-26(11-25)40(46,47)48)19-1-3-29-31-13-36-32(14-35(31)37(33(29)9-19)23(15-55)16-56)30-4-2-20(10-34(30)38(36)24(17-57)18-58)22-7-27(41(49,50)51)12-28(8-22)42(52,53)54/h1-9,11-14,20H,10H2. The lowest BCUT2D eigenvalue weighted by molar-refractivity contribution is -0.144. The zero-order valence-corrected chi connectivity index (χ0v) is 28.6. The maximum absolute atomic E-state index is 13.7. The Morgan fingerprint density at radius 1 is 0.466 bits per heavy atom. The van der Waals surface area contributed by atoms with Crippen LogP contribution in [-0.2, 0) is 24.7 Å². The van der Waals surface area contributed by atoms with E-state index in [1.165, 1.54) is 42.5 Å². The molecule has 0 aromatic heterocycles. The maximum Gasteiger partial charge on any atom is 0.416 e. The van der Waals surface area contributed by atoms with E-state index in [-0.39, 0.29) is 74.2 Å². The summed E-state index contributed by atoms with van der Waals surface area (Å²) in [5.74, 6) is -1.09. The van der Waals surface area contributed by atoms with Crippen LogP contribution in [0, 0.1) is 45.3 Å². The highest BCUT2D eigenvalue weighted by Crippen LogP contribution is 2.56. The summed E-state index contributed by atoms with van der Waals surface area (Å²) < 4.78 is 165. The van der Waals surface area contributed by atoms with Gasteiger partial charge in [0.2, 0.25) is 0 Å². The van der Waals surface area contributed by atoms with Gasteiger partial charge >= 0.3 is 24.7 Å². The van der Waals surface area contributed by atoms with Crippen molar-refractivity contribution in [3.63, 3.8) is 0 Å². The second-order valence-electron chi connectivity index (χ2n) is 13.3. The van der Waals surface area contributed by atoms with E-state index in [1.54, 1.807) is 24.3 Å². The number of hydrogen-bond acceptors (Lipinski definition) is 4. The van der Waals surface area contributed by atoms with Gasteiger partial charge in [0.25, 0.3) is 0 Å². The van der Waals surface area contributed by atoms with Crippen molar-refractivity contribution in [3.8, 4) is 46.5 Å². The number of alkyl halides is 12. The van der Waals surface area contributed by atoms with E-state index in [4.69, 9.17) is 0 Å². The predicted octanol–water partition coefficient (Wildman–Crippen LogP) is 12.6. The molecule has 0 heterocycles. The molecular weight excluding hydrogens is 788 g/mol. The van der Waals surface area contributed by atoms with Crippen LogP contribution in [0.1, 0.15) is 62.4 Å². The number of nitriles is 4. The monoisotopic (exact) mass is 804 g/mol. The third kappa shape index (κ3) is 6.57. The van der Waals surface area contributed by atoms with Gasteiger partial charge in [0.05, 0.1) is 22.3 Å². The zero-order chi connectivity index (χ0) is 42.3. The van der Waals surface area contributed by atoms with Crippen molar-refractivity contribution >= 4 is 16.7 Å². The first-order chi connectivity index (χ1) is 27.1. The maximum atomic E-state index is 13.7. The lowest BCUT2D eigenvalue weighted by atomic mass is 9.82. The first kappa shape index (κ1) is 39.2. The minimum Gasteiger partial charge on any atom is -0.192 e. The average Bonchev–Trinajstić information content (AvgIpc) is 3.64. The Labute approximate surface area is 319 Å². The molecule has 0 radical (unpaired) electrons. The van der Waals surface area contributed by atoms with Gasteiger partial charge in [-0.2, -0.15) is 73.7 Å². The van der Waals surface area contributed by atoms with E-state index in [0.29, 0.717) is 35.4 Å². The summed E-state index contributed by atoms with van der Waals surface area (Å²) >= 11 is 0. The highest BCUT2D eigenvalue weighted by Gasteiger charge is 2.41. The lowest BCUT2D eigenvalue weighted by Gasteiger charge is -2.22. The predicted molar refractivity (Wildman–Crippen MR) is 183 cm³/mol. The molecule has 0 N–H and O–H groups in total. The summed E-state index contributed by atoms with van der Waals surface area (Å²) in [5, 5.41) is 40.0. The molecule has 3 aliphatic rings. The van der Waals surface area contributed by atoms with Crippen LogP contribution in [0.4, 0.5) is 52.7 Å². The Morgan fingerprint density at radius 2 is 0.914 bits per heavy atom. The molecule has 7 rings (SSSR count). The normalized spacial score (nSPS) is 15.8. The first-order valence-electron chi connectivity index (χ1n) is 16.5. The molecule has 0 bridgehead atoms. The van der Waals surface area contributed by atoms with Crippen molar-refractivity contribution < 1.29 is 52.7 Å². The minimum absolute atomic E-state index is 0.00941. The summed E-state index contributed by atoms with van der Waals surface area (Å²) in [6.07, 6.45) is -18.0. The highest BCUT2D eigenvalue weighted by molar-refractivity contribution is 6.12. The number of benzene rings is 4. The van der Waals surface area contributed by atoms with Crippen molar-refractivity contribution in [2.24, 2.45) is 0 Å². The summed E-state index contributed by atoms with van der Waals surface area (Å²) in [6.45, 7) is 0. The van der Waals surface area contributed by atoms with Gasteiger partial charge in [0.1, 0.15) is 35.4 Å². The van der Waals surface area contributed by atoms with Crippen LogP contribution in [0.2, 0.25) is 0 Å². The molecule has 0 saturated heterocycles. The van der Waals surface area contributed by atoms with Crippen LogP contribution in [-0.4, -0.2) is 0 Å². The van der Waals surface area contributed by atoms with Gasteiger partial charge in [-0.15, -0.1) is 0 Å². The summed E-state index contributed by atoms with van der Waals surface area (Å²) in [7, 11) is 0. The van der Waals surface area contributed by atoms with Crippen LogP contribution in [0.15, 0.2) is 95.6 Å². The number of hydrogen-bond donors (Lipinski definition) is 0. The Balaban J connectivity index is 1.40. The molecule has 4 aromatic rings.